The van der Waals surface area contributed by atoms with Crippen molar-refractivity contribution < 1.29 is 9.50 Å². The Bertz CT molecular complexity index is 174. The molecule has 3 nitrogen and oxygen atoms in total. The van der Waals surface area contributed by atoms with Gasteiger partial charge in [-0.05, 0) is 20.3 Å². The van der Waals surface area contributed by atoms with Gasteiger partial charge in [0, 0.05) is 39.3 Å². The van der Waals surface area contributed by atoms with Crippen molar-refractivity contribution in [3.05, 3.63) is 0 Å². The SMILES string of the molecule is CC(C)(O)CN1CCN(CCCF)CC1. The van der Waals surface area contributed by atoms with Crippen molar-refractivity contribution >= 4 is 0 Å². The van der Waals surface area contributed by atoms with E-state index < -0.39 is 5.60 Å². The van der Waals surface area contributed by atoms with Crippen LogP contribution in [-0.2, 0) is 0 Å². The molecule has 1 fully saturated rings. The molecule has 0 radical (unpaired) electrons. The van der Waals surface area contributed by atoms with Crippen molar-refractivity contribution in [3.8, 4) is 0 Å². The molecule has 0 atom stereocenters. The molecule has 0 spiro atoms. The third-order valence-electron chi connectivity index (χ3n) is 2.68. The van der Waals surface area contributed by atoms with Crippen LogP contribution in [0, 0.1) is 0 Å². The van der Waals surface area contributed by atoms with E-state index in [0.29, 0.717) is 6.42 Å². The molecule has 1 N–H and O–H groups in total. The third-order valence-corrected chi connectivity index (χ3v) is 2.68. The lowest BCUT2D eigenvalue weighted by molar-refractivity contribution is 0.0175. The maximum absolute atomic E-state index is 12.0. The van der Waals surface area contributed by atoms with Crippen LogP contribution in [0.1, 0.15) is 20.3 Å². The largest absolute Gasteiger partial charge is 0.389 e. The minimum Gasteiger partial charge on any atom is -0.389 e. The minimum atomic E-state index is -0.610. The average molecular weight is 218 g/mol. The van der Waals surface area contributed by atoms with Crippen molar-refractivity contribution in [3.63, 3.8) is 0 Å². The molecule has 15 heavy (non-hydrogen) atoms. The normalized spacial score (nSPS) is 20.8. The highest BCUT2D eigenvalue weighted by Gasteiger charge is 2.22. The number of halogens is 1. The quantitative estimate of drug-likeness (QED) is 0.737. The summed E-state index contributed by atoms with van der Waals surface area (Å²) in [5, 5.41) is 9.67. The highest BCUT2D eigenvalue weighted by Crippen LogP contribution is 2.08. The lowest BCUT2D eigenvalue weighted by atomic mass is 10.1. The number of hydrogen-bond donors (Lipinski definition) is 1. The zero-order valence-corrected chi connectivity index (χ0v) is 9.88. The summed E-state index contributed by atoms with van der Waals surface area (Å²) in [4.78, 5) is 4.56. The first kappa shape index (κ1) is 12.9. The lowest BCUT2D eigenvalue weighted by Gasteiger charge is -2.37. The van der Waals surface area contributed by atoms with Gasteiger partial charge in [-0.15, -0.1) is 0 Å². The van der Waals surface area contributed by atoms with E-state index in [1.54, 1.807) is 0 Å². The van der Waals surface area contributed by atoms with Crippen molar-refractivity contribution in [2.75, 3.05) is 45.9 Å². The molecule has 0 unspecified atom stereocenters. The molecule has 1 rings (SSSR count). The van der Waals surface area contributed by atoms with Crippen molar-refractivity contribution in [2.45, 2.75) is 25.9 Å². The van der Waals surface area contributed by atoms with Crippen LogP contribution < -0.4 is 0 Å². The molecule has 0 bridgehead atoms. The second kappa shape index (κ2) is 5.77. The van der Waals surface area contributed by atoms with Gasteiger partial charge < -0.3 is 10.0 Å². The van der Waals surface area contributed by atoms with E-state index in [9.17, 15) is 9.50 Å². The van der Waals surface area contributed by atoms with E-state index in [2.05, 4.69) is 9.80 Å². The number of hydrogen-bond acceptors (Lipinski definition) is 3. The summed E-state index contributed by atoms with van der Waals surface area (Å²) < 4.78 is 12.0. The summed E-state index contributed by atoms with van der Waals surface area (Å²) in [5.41, 5.74) is -0.610. The summed E-state index contributed by atoms with van der Waals surface area (Å²) >= 11 is 0. The molecular formula is C11H23FN2O. The van der Waals surface area contributed by atoms with E-state index in [1.165, 1.54) is 0 Å². The van der Waals surface area contributed by atoms with Crippen LogP contribution in [0.3, 0.4) is 0 Å². The topological polar surface area (TPSA) is 26.7 Å². The summed E-state index contributed by atoms with van der Waals surface area (Å²) in [6.45, 7) is 9.00. The maximum atomic E-state index is 12.0. The summed E-state index contributed by atoms with van der Waals surface area (Å²) in [6, 6.07) is 0. The molecular weight excluding hydrogens is 195 g/mol. The molecule has 1 heterocycles. The molecule has 90 valence electrons. The van der Waals surface area contributed by atoms with Crippen molar-refractivity contribution in [1.82, 2.24) is 9.80 Å². The molecule has 0 aromatic carbocycles. The first-order valence-electron chi connectivity index (χ1n) is 5.74. The fourth-order valence-corrected chi connectivity index (χ4v) is 2.00. The highest BCUT2D eigenvalue weighted by molar-refractivity contribution is 4.77. The van der Waals surface area contributed by atoms with Gasteiger partial charge in [-0.2, -0.15) is 0 Å². The van der Waals surface area contributed by atoms with E-state index in [-0.39, 0.29) is 6.67 Å². The maximum Gasteiger partial charge on any atom is 0.0906 e. The Hall–Kier alpha value is -0.190. The fourth-order valence-electron chi connectivity index (χ4n) is 2.00. The van der Waals surface area contributed by atoms with Gasteiger partial charge in [0.05, 0.1) is 12.3 Å². The molecule has 0 saturated carbocycles. The third kappa shape index (κ3) is 5.44. The molecule has 0 aromatic rings. The molecule has 1 aliphatic heterocycles. The van der Waals surface area contributed by atoms with Crippen LogP contribution in [0.2, 0.25) is 0 Å². The van der Waals surface area contributed by atoms with Gasteiger partial charge in [0.2, 0.25) is 0 Å². The van der Waals surface area contributed by atoms with E-state index in [4.69, 9.17) is 0 Å². The number of rotatable bonds is 5. The number of alkyl halides is 1. The smallest absolute Gasteiger partial charge is 0.0906 e. The second-order valence-corrected chi connectivity index (χ2v) is 4.97. The molecule has 0 aliphatic carbocycles. The molecule has 0 aromatic heterocycles. The van der Waals surface area contributed by atoms with Gasteiger partial charge >= 0.3 is 0 Å². The Morgan fingerprint density at radius 1 is 1.13 bits per heavy atom. The van der Waals surface area contributed by atoms with E-state index in [0.717, 1.165) is 39.3 Å². The molecule has 0 amide bonds. The van der Waals surface area contributed by atoms with Crippen molar-refractivity contribution in [2.24, 2.45) is 0 Å². The predicted molar refractivity (Wildman–Crippen MR) is 59.8 cm³/mol. The average Bonchev–Trinajstić information content (AvgIpc) is 2.14. The Morgan fingerprint density at radius 3 is 2.13 bits per heavy atom. The lowest BCUT2D eigenvalue weighted by Crippen LogP contribution is -2.50. The Balaban J connectivity index is 2.18. The van der Waals surface area contributed by atoms with E-state index in [1.807, 2.05) is 13.8 Å². The zero-order chi connectivity index (χ0) is 11.3. The first-order chi connectivity index (χ1) is 7.01. The monoisotopic (exact) mass is 218 g/mol. The van der Waals surface area contributed by atoms with Crippen molar-refractivity contribution in [1.29, 1.82) is 0 Å². The minimum absolute atomic E-state index is 0.218. The summed E-state index contributed by atoms with van der Waals surface area (Å²) in [6.07, 6.45) is 0.644. The Morgan fingerprint density at radius 2 is 1.67 bits per heavy atom. The van der Waals surface area contributed by atoms with Gasteiger partial charge in [-0.25, -0.2) is 0 Å². The number of piperazine rings is 1. The fraction of sp³-hybridized carbons (Fsp3) is 1.00. The summed E-state index contributed by atoms with van der Waals surface area (Å²) in [7, 11) is 0. The Kier molecular flexibility index (Phi) is 4.96. The van der Waals surface area contributed by atoms with Gasteiger partial charge in [-0.3, -0.25) is 9.29 Å². The second-order valence-electron chi connectivity index (χ2n) is 4.97. The molecule has 1 saturated heterocycles. The van der Waals surface area contributed by atoms with E-state index >= 15 is 0 Å². The first-order valence-corrected chi connectivity index (χ1v) is 5.74. The van der Waals surface area contributed by atoms with Gasteiger partial charge in [0.1, 0.15) is 0 Å². The van der Waals surface area contributed by atoms with Crippen LogP contribution in [0.15, 0.2) is 0 Å². The number of β-amino-alcohol motifs (C(OH)–C–C–N with tert-alkyl or cyclic N) is 1. The van der Waals surface area contributed by atoms with Gasteiger partial charge in [0.15, 0.2) is 0 Å². The predicted octanol–water partition coefficient (Wildman–Crippen LogP) is 0.734. The standard InChI is InChI=1S/C11H23FN2O/c1-11(2,15)10-14-8-6-13(7-9-14)5-3-4-12/h15H,3-10H2,1-2H3. The van der Waals surface area contributed by atoms with Crippen LogP contribution in [-0.4, -0.2) is 66.5 Å². The van der Waals surface area contributed by atoms with Crippen LogP contribution in [0.5, 0.6) is 0 Å². The number of aliphatic hydroxyl groups is 1. The van der Waals surface area contributed by atoms with Crippen LogP contribution in [0.4, 0.5) is 4.39 Å². The van der Waals surface area contributed by atoms with Gasteiger partial charge in [-0.1, -0.05) is 0 Å². The zero-order valence-electron chi connectivity index (χ0n) is 9.88. The Labute approximate surface area is 91.9 Å². The molecule has 4 heteroatoms. The van der Waals surface area contributed by atoms with Crippen LogP contribution in [0.25, 0.3) is 0 Å². The van der Waals surface area contributed by atoms with Crippen LogP contribution >= 0.6 is 0 Å². The molecule has 1 aliphatic rings. The number of nitrogens with zero attached hydrogens (tertiary/aromatic N) is 2. The van der Waals surface area contributed by atoms with Gasteiger partial charge in [0.25, 0.3) is 0 Å². The summed E-state index contributed by atoms with van der Waals surface area (Å²) in [5.74, 6) is 0. The highest BCUT2D eigenvalue weighted by atomic mass is 19.1.